The van der Waals surface area contributed by atoms with Crippen LogP contribution in [-0.2, 0) is 0 Å². The van der Waals surface area contributed by atoms with Crippen molar-refractivity contribution in [3.05, 3.63) is 83.9 Å². The number of hydrogen-bond acceptors (Lipinski definition) is 3. The minimum Gasteiger partial charge on any atom is -0.388 e. The molecule has 2 aromatic rings. The summed E-state index contributed by atoms with van der Waals surface area (Å²) in [6, 6.07) is 19.3. The van der Waals surface area contributed by atoms with Gasteiger partial charge in [0.25, 0.3) is 0 Å². The van der Waals surface area contributed by atoms with E-state index in [9.17, 15) is 9.90 Å². The number of benzene rings is 2. The lowest BCUT2D eigenvalue weighted by atomic mass is 9.98. The summed E-state index contributed by atoms with van der Waals surface area (Å²) in [5.41, 5.74) is 1.67. The Morgan fingerprint density at radius 2 is 1.72 bits per heavy atom. The van der Waals surface area contributed by atoms with Gasteiger partial charge in [0.05, 0.1) is 6.10 Å². The zero-order valence-corrected chi connectivity index (χ0v) is 14.8. The largest absolute Gasteiger partial charge is 0.388 e. The quantitative estimate of drug-likeness (QED) is 0.386. The zero-order valence-electron chi connectivity index (χ0n) is 14.8. The van der Waals surface area contributed by atoms with Gasteiger partial charge < -0.3 is 10.4 Å². The van der Waals surface area contributed by atoms with Crippen LogP contribution in [0.3, 0.4) is 0 Å². The van der Waals surface area contributed by atoms with Crippen molar-refractivity contribution in [1.29, 1.82) is 0 Å². The van der Waals surface area contributed by atoms with E-state index in [2.05, 4.69) is 5.32 Å². The molecule has 0 amide bonds. The van der Waals surface area contributed by atoms with Crippen LogP contribution < -0.4 is 5.32 Å². The van der Waals surface area contributed by atoms with E-state index >= 15 is 0 Å². The molecule has 0 bridgehead atoms. The highest BCUT2D eigenvalue weighted by Gasteiger charge is 2.14. The van der Waals surface area contributed by atoms with E-state index in [1.165, 1.54) is 0 Å². The van der Waals surface area contributed by atoms with Crippen LogP contribution in [-0.4, -0.2) is 24.0 Å². The van der Waals surface area contributed by atoms with Crippen LogP contribution >= 0.6 is 0 Å². The topological polar surface area (TPSA) is 49.3 Å². The Bertz CT molecular complexity index is 652. The van der Waals surface area contributed by atoms with E-state index in [0.717, 1.165) is 30.4 Å². The SMILES string of the molecule is CN[C@@H](CCC/C=C\C(=O)c1ccccc1)C[C@H](O)c1ccccc1. The zero-order chi connectivity index (χ0) is 17.9. The van der Waals surface area contributed by atoms with E-state index in [4.69, 9.17) is 0 Å². The van der Waals surface area contributed by atoms with E-state index in [1.54, 1.807) is 6.08 Å². The maximum absolute atomic E-state index is 12.0. The minimum atomic E-state index is -0.450. The van der Waals surface area contributed by atoms with Gasteiger partial charge in [0, 0.05) is 11.6 Å². The molecular formula is C22H27NO2. The predicted molar refractivity (Wildman–Crippen MR) is 103 cm³/mol. The molecule has 0 aromatic heterocycles. The number of allylic oxidation sites excluding steroid dienone is 2. The van der Waals surface area contributed by atoms with Crippen LogP contribution in [0.4, 0.5) is 0 Å². The number of nitrogens with one attached hydrogen (secondary N) is 1. The molecule has 0 heterocycles. The first kappa shape index (κ1) is 19.1. The van der Waals surface area contributed by atoms with Gasteiger partial charge in [-0.1, -0.05) is 66.7 Å². The average molecular weight is 337 g/mol. The Balaban J connectivity index is 1.72. The van der Waals surface area contributed by atoms with Gasteiger partial charge >= 0.3 is 0 Å². The Morgan fingerprint density at radius 3 is 2.36 bits per heavy atom. The second-order valence-electron chi connectivity index (χ2n) is 6.21. The summed E-state index contributed by atoms with van der Waals surface area (Å²) in [5, 5.41) is 13.6. The molecule has 0 aliphatic rings. The Kier molecular flexibility index (Phi) is 8.10. The van der Waals surface area contributed by atoms with E-state index in [1.807, 2.05) is 73.8 Å². The fraction of sp³-hybridized carbons (Fsp3) is 0.318. The Morgan fingerprint density at radius 1 is 1.08 bits per heavy atom. The third kappa shape index (κ3) is 6.65. The normalized spacial score (nSPS) is 13.7. The molecule has 0 aliphatic heterocycles. The van der Waals surface area contributed by atoms with E-state index in [-0.39, 0.29) is 11.8 Å². The molecule has 0 spiro atoms. The lowest BCUT2D eigenvalue weighted by molar-refractivity contribution is 0.104. The fourth-order valence-electron chi connectivity index (χ4n) is 2.83. The van der Waals surface area contributed by atoms with Crippen LogP contribution in [0.15, 0.2) is 72.8 Å². The van der Waals surface area contributed by atoms with Crippen molar-refractivity contribution in [3.8, 4) is 0 Å². The minimum absolute atomic E-state index is 0.0465. The van der Waals surface area contributed by atoms with E-state index in [0.29, 0.717) is 6.42 Å². The molecule has 0 fully saturated rings. The summed E-state index contributed by atoms with van der Waals surface area (Å²) in [7, 11) is 1.93. The first-order chi connectivity index (χ1) is 12.2. The number of hydrogen-bond donors (Lipinski definition) is 2. The summed E-state index contributed by atoms with van der Waals surface area (Å²) < 4.78 is 0. The smallest absolute Gasteiger partial charge is 0.185 e. The summed E-state index contributed by atoms with van der Waals surface area (Å²) in [6.45, 7) is 0. The molecule has 0 unspecified atom stereocenters. The van der Waals surface area contributed by atoms with E-state index < -0.39 is 6.10 Å². The summed E-state index contributed by atoms with van der Waals surface area (Å²) >= 11 is 0. The molecule has 2 atom stereocenters. The lowest BCUT2D eigenvalue weighted by Crippen LogP contribution is -2.27. The highest BCUT2D eigenvalue weighted by atomic mass is 16.3. The van der Waals surface area contributed by atoms with Crippen molar-refractivity contribution in [2.45, 2.75) is 37.8 Å². The first-order valence-electron chi connectivity index (χ1n) is 8.87. The average Bonchev–Trinajstić information content (AvgIpc) is 2.67. The van der Waals surface area contributed by atoms with Crippen molar-refractivity contribution in [2.75, 3.05) is 7.05 Å². The third-order valence-electron chi connectivity index (χ3n) is 4.35. The third-order valence-corrected chi connectivity index (χ3v) is 4.35. The number of aliphatic hydroxyl groups excluding tert-OH is 1. The summed E-state index contributed by atoms with van der Waals surface area (Å²) in [4.78, 5) is 12.0. The standard InChI is InChI=1S/C22H27NO2/c1-23-20(17-22(25)19-13-7-3-8-14-19)15-9-4-10-16-21(24)18-11-5-2-6-12-18/h2-3,5-8,10-14,16,20,22-23,25H,4,9,15,17H2,1H3/b16-10-/t20-,22-/m0/s1. The van der Waals surface area contributed by atoms with Crippen LogP contribution in [0.2, 0.25) is 0 Å². The predicted octanol–water partition coefficient (Wildman–Crippen LogP) is 4.31. The maximum atomic E-state index is 12.0. The molecule has 0 saturated heterocycles. The highest BCUT2D eigenvalue weighted by Crippen LogP contribution is 2.20. The fourth-order valence-corrected chi connectivity index (χ4v) is 2.83. The molecule has 3 nitrogen and oxygen atoms in total. The van der Waals surface area contributed by atoms with Gasteiger partial charge in [0.15, 0.2) is 5.78 Å². The second kappa shape index (κ2) is 10.6. The molecule has 3 heteroatoms. The Labute approximate surface area is 150 Å². The van der Waals surface area contributed by atoms with Crippen LogP contribution in [0.5, 0.6) is 0 Å². The molecule has 132 valence electrons. The molecule has 25 heavy (non-hydrogen) atoms. The summed E-state index contributed by atoms with van der Waals surface area (Å²) in [6.07, 6.45) is 6.63. The van der Waals surface area contributed by atoms with Gasteiger partial charge in [-0.05, 0) is 44.4 Å². The molecule has 0 radical (unpaired) electrons. The van der Waals surface area contributed by atoms with Crippen molar-refractivity contribution < 1.29 is 9.90 Å². The van der Waals surface area contributed by atoms with Gasteiger partial charge in [-0.3, -0.25) is 4.79 Å². The van der Waals surface area contributed by atoms with Crippen molar-refractivity contribution in [2.24, 2.45) is 0 Å². The Hall–Kier alpha value is -2.23. The lowest BCUT2D eigenvalue weighted by Gasteiger charge is -2.20. The van der Waals surface area contributed by atoms with Crippen LogP contribution in [0.25, 0.3) is 0 Å². The van der Waals surface area contributed by atoms with Crippen LogP contribution in [0.1, 0.15) is 47.7 Å². The number of carbonyl (C=O) groups excluding carboxylic acids is 1. The van der Waals surface area contributed by atoms with Crippen molar-refractivity contribution in [1.82, 2.24) is 5.32 Å². The van der Waals surface area contributed by atoms with Crippen LogP contribution in [0, 0.1) is 0 Å². The van der Waals surface area contributed by atoms with Gasteiger partial charge in [-0.2, -0.15) is 0 Å². The number of rotatable bonds is 10. The molecule has 0 saturated carbocycles. The number of unbranched alkanes of at least 4 members (excludes halogenated alkanes) is 1. The monoisotopic (exact) mass is 337 g/mol. The van der Waals surface area contributed by atoms with Gasteiger partial charge in [-0.15, -0.1) is 0 Å². The van der Waals surface area contributed by atoms with Crippen molar-refractivity contribution >= 4 is 5.78 Å². The summed E-state index contributed by atoms with van der Waals surface area (Å²) in [5.74, 6) is 0.0465. The molecule has 2 aromatic carbocycles. The number of aliphatic hydroxyl groups is 1. The molecule has 0 aliphatic carbocycles. The van der Waals surface area contributed by atoms with Gasteiger partial charge in [0.1, 0.15) is 0 Å². The van der Waals surface area contributed by atoms with Gasteiger partial charge in [-0.25, -0.2) is 0 Å². The first-order valence-corrected chi connectivity index (χ1v) is 8.87. The highest BCUT2D eigenvalue weighted by molar-refractivity contribution is 6.04. The van der Waals surface area contributed by atoms with Gasteiger partial charge in [0.2, 0.25) is 0 Å². The molecule has 2 rings (SSSR count). The molecule has 2 N–H and O–H groups in total. The number of ketones is 1. The molecular weight excluding hydrogens is 310 g/mol. The second-order valence-corrected chi connectivity index (χ2v) is 6.21. The number of carbonyl (C=O) groups is 1. The maximum Gasteiger partial charge on any atom is 0.185 e. The van der Waals surface area contributed by atoms with Crippen molar-refractivity contribution in [3.63, 3.8) is 0 Å².